The fourth-order valence-electron chi connectivity index (χ4n) is 2.09. The molecule has 0 fully saturated rings. The van der Waals surface area contributed by atoms with Crippen molar-refractivity contribution in [2.75, 3.05) is 11.9 Å². The molecule has 2 rings (SSSR count). The van der Waals surface area contributed by atoms with Crippen LogP contribution in [0.4, 0.5) is 5.69 Å². The summed E-state index contributed by atoms with van der Waals surface area (Å²) in [4.78, 5) is 11.9. The molecule has 0 saturated heterocycles. The van der Waals surface area contributed by atoms with Crippen LogP contribution in [0.15, 0.2) is 42.5 Å². The van der Waals surface area contributed by atoms with Crippen molar-refractivity contribution in [2.45, 2.75) is 20.3 Å². The lowest BCUT2D eigenvalue weighted by atomic mass is 10.1. The molecule has 1 amide bonds. The molecule has 0 atom stereocenters. The quantitative estimate of drug-likeness (QED) is 0.891. The van der Waals surface area contributed by atoms with Gasteiger partial charge in [-0.25, -0.2) is 0 Å². The Labute approximate surface area is 129 Å². The van der Waals surface area contributed by atoms with E-state index in [2.05, 4.69) is 11.4 Å². The molecule has 4 heteroatoms. The van der Waals surface area contributed by atoms with Gasteiger partial charge in [0, 0.05) is 5.69 Å². The number of hydrogen-bond acceptors (Lipinski definition) is 2. The molecule has 0 bridgehead atoms. The van der Waals surface area contributed by atoms with E-state index in [1.165, 1.54) is 0 Å². The first-order chi connectivity index (χ1) is 10.0. The second-order valence-corrected chi connectivity index (χ2v) is 5.36. The third-order valence-corrected chi connectivity index (χ3v) is 3.24. The molecule has 0 saturated carbocycles. The Morgan fingerprint density at radius 3 is 2.48 bits per heavy atom. The smallest absolute Gasteiger partial charge is 0.227 e. The highest BCUT2D eigenvalue weighted by atomic mass is 35.5. The molecule has 0 aliphatic rings. The van der Waals surface area contributed by atoms with Crippen LogP contribution in [0.25, 0.3) is 0 Å². The van der Waals surface area contributed by atoms with Crippen molar-refractivity contribution in [3.63, 3.8) is 0 Å². The number of anilines is 1. The van der Waals surface area contributed by atoms with Gasteiger partial charge in [-0.1, -0.05) is 29.8 Å². The van der Waals surface area contributed by atoms with Gasteiger partial charge in [0.05, 0.1) is 18.1 Å². The molecule has 2 aromatic carbocycles. The molecule has 0 aromatic heterocycles. The normalized spacial score (nSPS) is 10.2. The number of benzene rings is 2. The third-order valence-electron chi connectivity index (χ3n) is 2.93. The van der Waals surface area contributed by atoms with E-state index in [1.807, 2.05) is 38.1 Å². The largest absolute Gasteiger partial charge is 0.491 e. The van der Waals surface area contributed by atoms with E-state index in [1.54, 1.807) is 12.1 Å². The summed E-state index contributed by atoms with van der Waals surface area (Å²) in [5.74, 6) is 0.519. The Balaban J connectivity index is 1.84. The van der Waals surface area contributed by atoms with Gasteiger partial charge >= 0.3 is 0 Å². The van der Waals surface area contributed by atoms with Crippen molar-refractivity contribution in [1.29, 1.82) is 0 Å². The van der Waals surface area contributed by atoms with Gasteiger partial charge in [0.1, 0.15) is 5.75 Å². The van der Waals surface area contributed by atoms with Crippen molar-refractivity contribution in [3.05, 3.63) is 58.6 Å². The van der Waals surface area contributed by atoms with E-state index in [0.717, 1.165) is 16.8 Å². The second kappa shape index (κ2) is 7.14. The lowest BCUT2D eigenvalue weighted by Crippen LogP contribution is -2.15. The van der Waals surface area contributed by atoms with E-state index in [-0.39, 0.29) is 12.3 Å². The predicted octanol–water partition coefficient (Wildman–Crippen LogP) is 4.36. The molecule has 0 radical (unpaired) electrons. The number of ether oxygens (including phenoxy) is 1. The average molecular weight is 304 g/mol. The van der Waals surface area contributed by atoms with Crippen LogP contribution in [0.2, 0.25) is 5.02 Å². The van der Waals surface area contributed by atoms with Crippen LogP contribution < -0.4 is 10.1 Å². The topological polar surface area (TPSA) is 38.3 Å². The SMILES string of the molecule is Cc1cc(C)cc(NC(=O)CCOc2ccccc2Cl)c1. The Hall–Kier alpha value is -2.00. The monoisotopic (exact) mass is 303 g/mol. The number of nitrogens with one attached hydrogen (secondary N) is 1. The molecule has 2 aromatic rings. The Morgan fingerprint density at radius 2 is 1.81 bits per heavy atom. The van der Waals surface area contributed by atoms with Crippen LogP contribution in [0, 0.1) is 13.8 Å². The van der Waals surface area contributed by atoms with Crippen molar-refractivity contribution in [1.82, 2.24) is 0 Å². The van der Waals surface area contributed by atoms with Gasteiger partial charge in [-0.3, -0.25) is 4.79 Å². The first-order valence-corrected chi connectivity index (χ1v) is 7.18. The molecule has 0 heterocycles. The molecule has 1 N–H and O–H groups in total. The molecule has 0 aliphatic carbocycles. The minimum atomic E-state index is -0.0768. The molecule has 110 valence electrons. The standard InChI is InChI=1S/C17H18ClNO2/c1-12-9-13(2)11-14(10-12)19-17(20)7-8-21-16-6-4-3-5-15(16)18/h3-6,9-11H,7-8H2,1-2H3,(H,19,20). The maximum absolute atomic E-state index is 11.9. The number of halogens is 1. The number of para-hydroxylation sites is 1. The van der Waals surface area contributed by atoms with E-state index < -0.39 is 0 Å². The van der Waals surface area contributed by atoms with Crippen LogP contribution in [-0.2, 0) is 4.79 Å². The summed E-state index contributed by atoms with van der Waals surface area (Å²) in [7, 11) is 0. The maximum atomic E-state index is 11.9. The summed E-state index contributed by atoms with van der Waals surface area (Å²) in [5.41, 5.74) is 3.06. The Morgan fingerprint density at radius 1 is 1.14 bits per heavy atom. The highest BCUT2D eigenvalue weighted by Crippen LogP contribution is 2.23. The summed E-state index contributed by atoms with van der Waals surface area (Å²) in [6.45, 7) is 4.30. The van der Waals surface area contributed by atoms with Crippen molar-refractivity contribution in [3.8, 4) is 5.75 Å². The summed E-state index contributed by atoms with van der Waals surface area (Å²) < 4.78 is 5.50. The molecular formula is C17H18ClNO2. The van der Waals surface area contributed by atoms with E-state index in [0.29, 0.717) is 17.4 Å². The molecule has 3 nitrogen and oxygen atoms in total. The maximum Gasteiger partial charge on any atom is 0.227 e. The van der Waals surface area contributed by atoms with Crippen LogP contribution in [-0.4, -0.2) is 12.5 Å². The van der Waals surface area contributed by atoms with Crippen molar-refractivity contribution < 1.29 is 9.53 Å². The Kier molecular flexibility index (Phi) is 5.23. The van der Waals surface area contributed by atoms with Crippen LogP contribution in [0.1, 0.15) is 17.5 Å². The van der Waals surface area contributed by atoms with Gasteiger partial charge in [-0.2, -0.15) is 0 Å². The lowest BCUT2D eigenvalue weighted by molar-refractivity contribution is -0.116. The minimum absolute atomic E-state index is 0.0768. The third kappa shape index (κ3) is 4.80. The number of carbonyl (C=O) groups excluding carboxylic acids is 1. The lowest BCUT2D eigenvalue weighted by Gasteiger charge is -2.09. The first-order valence-electron chi connectivity index (χ1n) is 6.80. The van der Waals surface area contributed by atoms with Crippen LogP contribution in [0.3, 0.4) is 0 Å². The van der Waals surface area contributed by atoms with Crippen molar-refractivity contribution in [2.24, 2.45) is 0 Å². The zero-order valence-electron chi connectivity index (χ0n) is 12.2. The fraction of sp³-hybridized carbons (Fsp3) is 0.235. The van der Waals surface area contributed by atoms with Gasteiger partial charge in [0.2, 0.25) is 5.91 Å². The van der Waals surface area contributed by atoms with Gasteiger partial charge in [-0.05, 0) is 49.2 Å². The fourth-order valence-corrected chi connectivity index (χ4v) is 2.28. The average Bonchev–Trinajstić information content (AvgIpc) is 2.39. The van der Waals surface area contributed by atoms with Gasteiger partial charge in [0.25, 0.3) is 0 Å². The van der Waals surface area contributed by atoms with Crippen LogP contribution >= 0.6 is 11.6 Å². The van der Waals surface area contributed by atoms with E-state index in [9.17, 15) is 4.79 Å². The predicted molar refractivity (Wildman–Crippen MR) is 86.1 cm³/mol. The molecular weight excluding hydrogens is 286 g/mol. The number of rotatable bonds is 5. The summed E-state index contributed by atoms with van der Waals surface area (Å²) in [6.07, 6.45) is 0.276. The summed E-state index contributed by atoms with van der Waals surface area (Å²) >= 11 is 5.98. The molecule has 0 unspecified atom stereocenters. The highest BCUT2D eigenvalue weighted by molar-refractivity contribution is 6.32. The van der Waals surface area contributed by atoms with Gasteiger partial charge in [0.15, 0.2) is 0 Å². The highest BCUT2D eigenvalue weighted by Gasteiger charge is 2.05. The Bertz CT molecular complexity index is 620. The molecule has 0 spiro atoms. The number of hydrogen-bond donors (Lipinski definition) is 1. The van der Waals surface area contributed by atoms with Crippen molar-refractivity contribution >= 4 is 23.2 Å². The first kappa shape index (κ1) is 15.4. The van der Waals surface area contributed by atoms with Crippen LogP contribution in [0.5, 0.6) is 5.75 Å². The zero-order valence-corrected chi connectivity index (χ0v) is 12.9. The van der Waals surface area contributed by atoms with E-state index >= 15 is 0 Å². The van der Waals surface area contributed by atoms with E-state index in [4.69, 9.17) is 16.3 Å². The summed E-state index contributed by atoms with van der Waals surface area (Å²) in [5, 5.41) is 3.42. The molecule has 0 aliphatic heterocycles. The minimum Gasteiger partial charge on any atom is -0.491 e. The second-order valence-electron chi connectivity index (χ2n) is 4.95. The number of carbonyl (C=O) groups is 1. The summed E-state index contributed by atoms with van der Waals surface area (Å²) in [6, 6.07) is 13.2. The molecule has 21 heavy (non-hydrogen) atoms. The zero-order chi connectivity index (χ0) is 15.2. The van der Waals surface area contributed by atoms with Gasteiger partial charge in [-0.15, -0.1) is 0 Å². The number of amides is 1. The van der Waals surface area contributed by atoms with Gasteiger partial charge < -0.3 is 10.1 Å². The number of aryl methyl sites for hydroxylation is 2.